The summed E-state index contributed by atoms with van der Waals surface area (Å²) in [5.74, 6) is 1.67. The molecular weight excluding hydrogens is 495 g/mol. The number of hydrogen-bond donors (Lipinski definition) is 1. The van der Waals surface area contributed by atoms with Crippen molar-refractivity contribution in [2.45, 2.75) is 63.7 Å². The Morgan fingerprint density at radius 1 is 1.13 bits per heavy atom. The molecular formula is C22H37IN4O3. The van der Waals surface area contributed by atoms with E-state index >= 15 is 0 Å². The van der Waals surface area contributed by atoms with Gasteiger partial charge >= 0.3 is 0 Å². The van der Waals surface area contributed by atoms with Gasteiger partial charge in [0.25, 0.3) is 0 Å². The second-order valence-corrected chi connectivity index (χ2v) is 7.83. The molecule has 7 nitrogen and oxygen atoms in total. The highest BCUT2D eigenvalue weighted by Crippen LogP contribution is 2.23. The summed E-state index contributed by atoms with van der Waals surface area (Å²) < 4.78 is 17.0. The Hall–Kier alpha value is -1.13. The molecule has 0 spiro atoms. The minimum Gasteiger partial charge on any atom is -0.474 e. The average molecular weight is 532 g/mol. The smallest absolute Gasteiger partial charge is 0.213 e. The molecule has 8 heteroatoms. The lowest BCUT2D eigenvalue weighted by Crippen LogP contribution is -2.46. The number of aromatic nitrogens is 1. The van der Waals surface area contributed by atoms with Crippen LogP contribution in [0.3, 0.4) is 0 Å². The first-order valence-corrected chi connectivity index (χ1v) is 11.0. The highest BCUT2D eigenvalue weighted by molar-refractivity contribution is 14.0. The molecule has 1 aliphatic heterocycles. The Morgan fingerprint density at radius 2 is 1.90 bits per heavy atom. The third-order valence-electron chi connectivity index (χ3n) is 5.64. The summed E-state index contributed by atoms with van der Waals surface area (Å²) >= 11 is 0. The standard InChI is InChI=1S/C22H36N4O3.HI/c1-23-22(26-12-10-19(11-13-26)28-15-5-14-27-2)25-17-18-8-9-21(24-16-18)29-20-6-3-4-7-20;/h8-9,16,19-20H,3-7,10-15,17H2,1-2H3,(H,23,25);1H. The van der Waals surface area contributed by atoms with Gasteiger partial charge in [-0.1, -0.05) is 6.07 Å². The van der Waals surface area contributed by atoms with E-state index in [1.165, 1.54) is 12.8 Å². The van der Waals surface area contributed by atoms with Gasteiger partial charge in [-0.05, 0) is 50.5 Å². The number of nitrogens with zero attached hydrogens (tertiary/aromatic N) is 3. The topological polar surface area (TPSA) is 68.2 Å². The Balaban J connectivity index is 0.00000320. The summed E-state index contributed by atoms with van der Waals surface area (Å²) in [4.78, 5) is 11.2. The second-order valence-electron chi connectivity index (χ2n) is 7.83. The lowest BCUT2D eigenvalue weighted by Gasteiger charge is -2.34. The van der Waals surface area contributed by atoms with E-state index in [4.69, 9.17) is 14.2 Å². The van der Waals surface area contributed by atoms with Crippen molar-refractivity contribution < 1.29 is 14.2 Å². The molecule has 0 unspecified atom stereocenters. The predicted molar refractivity (Wildman–Crippen MR) is 130 cm³/mol. The molecule has 0 radical (unpaired) electrons. The quantitative estimate of drug-likeness (QED) is 0.227. The number of halogens is 1. The van der Waals surface area contributed by atoms with Crippen LogP contribution in [0.2, 0.25) is 0 Å². The summed E-state index contributed by atoms with van der Waals surface area (Å²) in [6, 6.07) is 4.06. The van der Waals surface area contributed by atoms with Crippen LogP contribution in [0.4, 0.5) is 0 Å². The first-order valence-electron chi connectivity index (χ1n) is 11.0. The Bertz CT molecular complexity index is 615. The van der Waals surface area contributed by atoms with Crippen molar-refractivity contribution in [2.75, 3.05) is 40.5 Å². The van der Waals surface area contributed by atoms with Crippen LogP contribution in [0, 0.1) is 0 Å². The Labute approximate surface area is 198 Å². The fourth-order valence-electron chi connectivity index (χ4n) is 3.96. The van der Waals surface area contributed by atoms with E-state index in [1.807, 2.05) is 19.3 Å². The fraction of sp³-hybridized carbons (Fsp3) is 0.727. The second kappa shape index (κ2) is 14.0. The minimum absolute atomic E-state index is 0. The van der Waals surface area contributed by atoms with E-state index in [-0.39, 0.29) is 24.0 Å². The molecule has 1 saturated heterocycles. The molecule has 1 N–H and O–H groups in total. The number of guanidine groups is 1. The van der Waals surface area contributed by atoms with Gasteiger partial charge in [0.05, 0.1) is 6.10 Å². The molecule has 30 heavy (non-hydrogen) atoms. The highest BCUT2D eigenvalue weighted by Gasteiger charge is 2.22. The molecule has 2 aliphatic rings. The molecule has 1 aliphatic carbocycles. The van der Waals surface area contributed by atoms with Crippen molar-refractivity contribution in [1.29, 1.82) is 0 Å². The van der Waals surface area contributed by atoms with Crippen molar-refractivity contribution in [2.24, 2.45) is 4.99 Å². The van der Waals surface area contributed by atoms with Crippen molar-refractivity contribution in [1.82, 2.24) is 15.2 Å². The number of ether oxygens (including phenoxy) is 3. The van der Waals surface area contributed by atoms with Crippen LogP contribution in [-0.2, 0) is 16.0 Å². The molecule has 1 aromatic rings. The summed E-state index contributed by atoms with van der Waals surface area (Å²) in [6.45, 7) is 4.16. The summed E-state index contributed by atoms with van der Waals surface area (Å²) in [5, 5.41) is 3.46. The van der Waals surface area contributed by atoms with Gasteiger partial charge in [0, 0.05) is 59.3 Å². The van der Waals surface area contributed by atoms with Crippen LogP contribution >= 0.6 is 24.0 Å². The third kappa shape index (κ3) is 8.19. The molecule has 0 bridgehead atoms. The third-order valence-corrected chi connectivity index (χ3v) is 5.64. The molecule has 0 atom stereocenters. The van der Waals surface area contributed by atoms with Crippen molar-refractivity contribution in [3.63, 3.8) is 0 Å². The summed E-state index contributed by atoms with van der Waals surface area (Å²) in [7, 11) is 3.57. The van der Waals surface area contributed by atoms with Crippen LogP contribution in [0.1, 0.15) is 50.5 Å². The van der Waals surface area contributed by atoms with Crippen LogP contribution in [0.25, 0.3) is 0 Å². The van der Waals surface area contributed by atoms with Crippen LogP contribution in [0.15, 0.2) is 23.3 Å². The predicted octanol–water partition coefficient (Wildman–Crippen LogP) is 3.61. The number of methoxy groups -OCH3 is 1. The zero-order valence-corrected chi connectivity index (χ0v) is 20.7. The van der Waals surface area contributed by atoms with Crippen molar-refractivity contribution in [3.05, 3.63) is 23.9 Å². The monoisotopic (exact) mass is 532 g/mol. The van der Waals surface area contributed by atoms with E-state index in [0.717, 1.165) is 75.8 Å². The number of hydrogen-bond acceptors (Lipinski definition) is 5. The number of piperidine rings is 1. The van der Waals surface area contributed by atoms with E-state index < -0.39 is 0 Å². The maximum atomic E-state index is 5.95. The number of nitrogens with one attached hydrogen (secondary N) is 1. The van der Waals surface area contributed by atoms with E-state index in [1.54, 1.807) is 7.11 Å². The lowest BCUT2D eigenvalue weighted by atomic mass is 10.1. The maximum Gasteiger partial charge on any atom is 0.213 e. The van der Waals surface area contributed by atoms with Crippen LogP contribution in [-0.4, -0.2) is 68.5 Å². The number of rotatable bonds is 9. The van der Waals surface area contributed by atoms with Gasteiger partial charge in [-0.25, -0.2) is 4.98 Å². The largest absolute Gasteiger partial charge is 0.474 e. The zero-order valence-electron chi connectivity index (χ0n) is 18.3. The van der Waals surface area contributed by atoms with Gasteiger partial charge in [-0.2, -0.15) is 0 Å². The van der Waals surface area contributed by atoms with Gasteiger partial charge in [-0.15, -0.1) is 24.0 Å². The van der Waals surface area contributed by atoms with Gasteiger partial charge in [0.15, 0.2) is 5.96 Å². The molecule has 3 rings (SSSR count). The van der Waals surface area contributed by atoms with Crippen LogP contribution in [0.5, 0.6) is 5.88 Å². The number of aliphatic imine (C=N–C) groups is 1. The fourth-order valence-corrected chi connectivity index (χ4v) is 3.96. The van der Waals surface area contributed by atoms with E-state index in [0.29, 0.717) is 18.8 Å². The molecule has 170 valence electrons. The first kappa shape index (κ1) is 25.1. The summed E-state index contributed by atoms with van der Waals surface area (Å²) in [6.07, 6.45) is 10.4. The van der Waals surface area contributed by atoms with Gasteiger partial charge in [0.2, 0.25) is 5.88 Å². The highest BCUT2D eigenvalue weighted by atomic mass is 127. The average Bonchev–Trinajstić information content (AvgIpc) is 3.27. The zero-order chi connectivity index (χ0) is 20.3. The van der Waals surface area contributed by atoms with Gasteiger partial charge in [-0.3, -0.25) is 4.99 Å². The Kier molecular flexibility index (Phi) is 11.8. The molecule has 0 aromatic carbocycles. The molecule has 1 aromatic heterocycles. The molecule has 1 saturated carbocycles. The van der Waals surface area contributed by atoms with Crippen molar-refractivity contribution in [3.8, 4) is 5.88 Å². The first-order chi connectivity index (χ1) is 14.3. The van der Waals surface area contributed by atoms with Gasteiger partial charge in [0.1, 0.15) is 6.10 Å². The van der Waals surface area contributed by atoms with Crippen molar-refractivity contribution >= 4 is 29.9 Å². The molecule has 2 heterocycles. The van der Waals surface area contributed by atoms with E-state index in [9.17, 15) is 0 Å². The van der Waals surface area contributed by atoms with E-state index in [2.05, 4.69) is 26.3 Å². The number of likely N-dealkylation sites (tertiary alicyclic amines) is 1. The Morgan fingerprint density at radius 3 is 2.53 bits per heavy atom. The lowest BCUT2D eigenvalue weighted by molar-refractivity contribution is 0.00989. The number of pyridine rings is 1. The summed E-state index contributed by atoms with van der Waals surface area (Å²) in [5.41, 5.74) is 1.13. The maximum absolute atomic E-state index is 5.95. The normalized spacial score (nSPS) is 18.3. The van der Waals surface area contributed by atoms with Gasteiger partial charge < -0.3 is 24.4 Å². The molecule has 0 amide bonds. The SMILES string of the molecule is CN=C(NCc1ccc(OC2CCCC2)nc1)N1CCC(OCCCOC)CC1.I. The minimum atomic E-state index is 0. The van der Waals surface area contributed by atoms with Crippen LogP contribution < -0.4 is 10.1 Å². The molecule has 2 fully saturated rings.